The molecule has 0 bridgehead atoms. The van der Waals surface area contributed by atoms with Crippen molar-refractivity contribution >= 4 is 23.1 Å². The predicted molar refractivity (Wildman–Crippen MR) is 68.6 cm³/mol. The quantitative estimate of drug-likeness (QED) is 0.605. The highest BCUT2D eigenvalue weighted by atomic mass is 35.5. The summed E-state index contributed by atoms with van der Waals surface area (Å²) in [4.78, 5) is 16.1. The molecule has 1 atom stereocenters. The summed E-state index contributed by atoms with van der Waals surface area (Å²) in [6.45, 7) is 4.53. The van der Waals surface area contributed by atoms with Gasteiger partial charge in [-0.3, -0.25) is 10.1 Å². The van der Waals surface area contributed by atoms with Gasteiger partial charge in [0.1, 0.15) is 0 Å². The molecule has 0 saturated carbocycles. The van der Waals surface area contributed by atoms with E-state index in [0.29, 0.717) is 13.1 Å². The van der Waals surface area contributed by atoms with Gasteiger partial charge in [-0.15, -0.1) is 0 Å². The van der Waals surface area contributed by atoms with E-state index in [-0.39, 0.29) is 22.4 Å². The number of hydrogen-bond donors (Lipinski definition) is 0. The average molecular weight is 269 g/mol. The summed E-state index contributed by atoms with van der Waals surface area (Å²) >= 11 is 5.70. The number of nitrogens with zero attached hydrogens (tertiary/aromatic N) is 4. The Bertz CT molecular complexity index is 486. The van der Waals surface area contributed by atoms with Crippen LogP contribution in [0, 0.1) is 27.4 Å². The van der Waals surface area contributed by atoms with Crippen LogP contribution >= 0.6 is 11.6 Å². The Morgan fingerprint density at radius 3 is 2.89 bits per heavy atom. The van der Waals surface area contributed by atoms with E-state index < -0.39 is 4.92 Å². The zero-order chi connectivity index (χ0) is 13.7. The number of hydrogen-bond acceptors (Lipinski definition) is 5. The van der Waals surface area contributed by atoms with Crippen LogP contribution in [0.4, 0.5) is 11.5 Å². The molecule has 0 aliphatic heterocycles. The Labute approximate surface area is 110 Å². The van der Waals surface area contributed by atoms with Crippen molar-refractivity contribution in [2.75, 3.05) is 18.0 Å². The van der Waals surface area contributed by atoms with E-state index in [4.69, 9.17) is 16.9 Å². The van der Waals surface area contributed by atoms with Crippen LogP contribution in [-0.2, 0) is 0 Å². The lowest BCUT2D eigenvalue weighted by Crippen LogP contribution is -2.29. The van der Waals surface area contributed by atoms with E-state index in [0.717, 1.165) is 0 Å². The Kier molecular flexibility index (Phi) is 4.86. The summed E-state index contributed by atoms with van der Waals surface area (Å²) in [5, 5.41) is 20.0. The summed E-state index contributed by atoms with van der Waals surface area (Å²) in [7, 11) is 0. The fourth-order valence-electron chi connectivity index (χ4n) is 1.54. The van der Waals surface area contributed by atoms with Gasteiger partial charge in [-0.1, -0.05) is 11.6 Å². The van der Waals surface area contributed by atoms with Crippen LogP contribution in [0.25, 0.3) is 0 Å². The zero-order valence-electron chi connectivity index (χ0n) is 10.1. The van der Waals surface area contributed by atoms with E-state index in [2.05, 4.69) is 11.1 Å². The molecule has 0 fully saturated rings. The van der Waals surface area contributed by atoms with Crippen LogP contribution < -0.4 is 4.90 Å². The second kappa shape index (κ2) is 6.17. The third kappa shape index (κ3) is 3.31. The number of nitriles is 1. The van der Waals surface area contributed by atoms with Crippen LogP contribution in [0.15, 0.2) is 12.3 Å². The van der Waals surface area contributed by atoms with Crippen LogP contribution in [0.5, 0.6) is 0 Å². The first kappa shape index (κ1) is 14.2. The Balaban J connectivity index is 3.13. The number of rotatable bonds is 5. The summed E-state index contributed by atoms with van der Waals surface area (Å²) in [5.41, 5.74) is -0.144. The fourth-order valence-corrected chi connectivity index (χ4v) is 1.69. The van der Waals surface area contributed by atoms with Crippen molar-refractivity contribution in [2.45, 2.75) is 13.8 Å². The van der Waals surface area contributed by atoms with Gasteiger partial charge in [0.2, 0.25) is 5.82 Å². The van der Waals surface area contributed by atoms with Gasteiger partial charge in [0.15, 0.2) is 0 Å². The average Bonchev–Trinajstić information content (AvgIpc) is 2.35. The van der Waals surface area contributed by atoms with Gasteiger partial charge in [-0.25, -0.2) is 4.98 Å². The predicted octanol–water partition coefficient (Wildman–Crippen LogP) is 2.63. The molecule has 0 N–H and O–H groups in total. The van der Waals surface area contributed by atoms with Crippen LogP contribution in [0.1, 0.15) is 13.8 Å². The van der Waals surface area contributed by atoms with Crippen LogP contribution in [0.3, 0.4) is 0 Å². The lowest BCUT2D eigenvalue weighted by Gasteiger charge is -2.22. The molecular weight excluding hydrogens is 256 g/mol. The molecule has 18 heavy (non-hydrogen) atoms. The van der Waals surface area contributed by atoms with Crippen molar-refractivity contribution in [2.24, 2.45) is 5.92 Å². The molecule has 0 spiro atoms. The second-order valence-corrected chi connectivity index (χ2v) is 4.26. The van der Waals surface area contributed by atoms with Crippen LogP contribution in [-0.4, -0.2) is 23.0 Å². The number of halogens is 1. The molecule has 1 aromatic heterocycles. The molecule has 96 valence electrons. The van der Waals surface area contributed by atoms with Gasteiger partial charge < -0.3 is 4.90 Å². The molecule has 1 unspecified atom stereocenters. The standard InChI is InChI=1S/C11H13ClN4O2/c1-3-15(7-8(2)5-13)11-10(16(17)18)4-9(12)6-14-11/h4,6,8H,3,7H2,1-2H3. The van der Waals surface area contributed by atoms with Crippen LogP contribution in [0.2, 0.25) is 5.02 Å². The number of aromatic nitrogens is 1. The second-order valence-electron chi connectivity index (χ2n) is 3.82. The minimum Gasteiger partial charge on any atom is -0.350 e. The molecule has 0 radical (unpaired) electrons. The van der Waals surface area contributed by atoms with Gasteiger partial charge in [0.05, 0.1) is 21.9 Å². The highest BCUT2D eigenvalue weighted by Gasteiger charge is 2.22. The van der Waals surface area contributed by atoms with Gasteiger partial charge in [0, 0.05) is 25.4 Å². The van der Waals surface area contributed by atoms with Crippen molar-refractivity contribution in [1.82, 2.24) is 4.98 Å². The minimum absolute atomic E-state index is 0.144. The van der Waals surface area contributed by atoms with Gasteiger partial charge in [0.25, 0.3) is 0 Å². The first-order valence-electron chi connectivity index (χ1n) is 5.44. The van der Waals surface area contributed by atoms with Gasteiger partial charge in [-0.05, 0) is 13.8 Å². The highest BCUT2D eigenvalue weighted by Crippen LogP contribution is 2.28. The Hall–Kier alpha value is -1.87. The largest absolute Gasteiger partial charge is 0.350 e. The minimum atomic E-state index is -0.520. The van der Waals surface area contributed by atoms with Crippen molar-refractivity contribution in [3.8, 4) is 6.07 Å². The van der Waals surface area contributed by atoms with Crippen molar-refractivity contribution in [1.29, 1.82) is 5.26 Å². The summed E-state index contributed by atoms with van der Waals surface area (Å²) < 4.78 is 0. The first-order chi connectivity index (χ1) is 8.49. The Morgan fingerprint density at radius 1 is 1.72 bits per heavy atom. The lowest BCUT2D eigenvalue weighted by molar-refractivity contribution is -0.384. The molecule has 0 aliphatic rings. The molecule has 6 nitrogen and oxygen atoms in total. The highest BCUT2D eigenvalue weighted by molar-refractivity contribution is 6.30. The SMILES string of the molecule is CCN(CC(C)C#N)c1ncc(Cl)cc1[N+](=O)[O-]. The number of nitro groups is 1. The molecule has 1 heterocycles. The first-order valence-corrected chi connectivity index (χ1v) is 5.81. The lowest BCUT2D eigenvalue weighted by atomic mass is 10.2. The van der Waals surface area contributed by atoms with E-state index in [1.165, 1.54) is 12.3 Å². The zero-order valence-corrected chi connectivity index (χ0v) is 10.9. The van der Waals surface area contributed by atoms with Gasteiger partial charge in [-0.2, -0.15) is 5.26 Å². The molecule has 7 heteroatoms. The van der Waals surface area contributed by atoms with Crippen molar-refractivity contribution in [3.05, 3.63) is 27.4 Å². The molecule has 0 aliphatic carbocycles. The molecule has 0 amide bonds. The third-order valence-corrected chi connectivity index (χ3v) is 2.61. The maximum atomic E-state index is 11.0. The van der Waals surface area contributed by atoms with E-state index in [1.807, 2.05) is 6.92 Å². The van der Waals surface area contributed by atoms with Crippen molar-refractivity contribution in [3.63, 3.8) is 0 Å². The molecule has 1 rings (SSSR count). The monoisotopic (exact) mass is 268 g/mol. The molecule has 0 aromatic carbocycles. The fraction of sp³-hybridized carbons (Fsp3) is 0.455. The van der Waals surface area contributed by atoms with E-state index >= 15 is 0 Å². The smallest absolute Gasteiger partial charge is 0.313 e. The third-order valence-electron chi connectivity index (χ3n) is 2.41. The summed E-state index contributed by atoms with van der Waals surface area (Å²) in [6.07, 6.45) is 1.36. The maximum absolute atomic E-state index is 11.0. The maximum Gasteiger partial charge on any atom is 0.313 e. The molecule has 1 aromatic rings. The normalized spacial score (nSPS) is 11.7. The van der Waals surface area contributed by atoms with Gasteiger partial charge >= 0.3 is 5.69 Å². The topological polar surface area (TPSA) is 83.1 Å². The Morgan fingerprint density at radius 2 is 2.39 bits per heavy atom. The van der Waals surface area contributed by atoms with E-state index in [1.54, 1.807) is 11.8 Å². The number of pyridine rings is 1. The molecular formula is C11H13ClN4O2. The van der Waals surface area contributed by atoms with Crippen molar-refractivity contribution < 1.29 is 4.92 Å². The number of anilines is 1. The summed E-state index contributed by atoms with van der Waals surface area (Å²) in [6, 6.07) is 3.36. The molecule has 0 saturated heterocycles. The summed E-state index contributed by atoms with van der Waals surface area (Å²) in [5.74, 6) is 0.0102. The van der Waals surface area contributed by atoms with E-state index in [9.17, 15) is 10.1 Å².